The number of rotatable bonds is 7. The summed E-state index contributed by atoms with van der Waals surface area (Å²) in [5.41, 5.74) is 2.03. The van der Waals surface area contributed by atoms with Crippen LogP contribution in [0.2, 0.25) is 10.0 Å². The first-order valence-electron chi connectivity index (χ1n) is 10.7. The molecule has 8 heteroatoms. The topological polar surface area (TPSA) is 71.3 Å². The summed E-state index contributed by atoms with van der Waals surface area (Å²) in [7, 11) is 1.55. The molecule has 5 nitrogen and oxygen atoms in total. The Hall–Kier alpha value is -3.25. The van der Waals surface area contributed by atoms with Crippen molar-refractivity contribution < 1.29 is 14.3 Å². The third-order valence-electron chi connectivity index (χ3n) is 5.36. The second-order valence-corrected chi connectivity index (χ2v) is 9.69. The van der Waals surface area contributed by atoms with Crippen LogP contribution in [0.5, 0.6) is 11.5 Å². The predicted molar refractivity (Wildman–Crippen MR) is 153 cm³/mol. The van der Waals surface area contributed by atoms with Crippen molar-refractivity contribution in [2.45, 2.75) is 6.61 Å². The molecular formula is C28H19Cl2IN2O3. The number of nitriles is 1. The van der Waals surface area contributed by atoms with Crippen molar-refractivity contribution in [3.8, 4) is 17.6 Å². The molecule has 1 N–H and O–H groups in total. The molecule has 0 aliphatic heterocycles. The van der Waals surface area contributed by atoms with Crippen molar-refractivity contribution >= 4 is 74.2 Å². The number of anilines is 1. The fraction of sp³-hybridized carbons (Fsp3) is 0.0714. The van der Waals surface area contributed by atoms with Gasteiger partial charge in [0.1, 0.15) is 18.2 Å². The molecule has 180 valence electrons. The molecule has 0 spiro atoms. The summed E-state index contributed by atoms with van der Waals surface area (Å²) in [5.74, 6) is 0.513. The molecule has 0 heterocycles. The van der Waals surface area contributed by atoms with Crippen LogP contribution in [-0.4, -0.2) is 13.0 Å². The van der Waals surface area contributed by atoms with Crippen LogP contribution in [-0.2, 0) is 11.4 Å². The summed E-state index contributed by atoms with van der Waals surface area (Å²) in [4.78, 5) is 12.7. The quantitative estimate of drug-likeness (QED) is 0.128. The first-order chi connectivity index (χ1) is 17.4. The highest BCUT2D eigenvalue weighted by Crippen LogP contribution is 2.36. The average Bonchev–Trinajstić information content (AvgIpc) is 2.88. The third-order valence-corrected chi connectivity index (χ3v) is 6.90. The standard InChI is InChI=1S/C28H19Cl2IN2O3/c1-35-26-13-17(11-20(15-32)28(34)33-21-9-10-23(29)24(30)14-21)12-25(31)27(26)36-16-19-7-4-6-18-5-2-3-8-22(18)19/h2-14H,16H2,1H3,(H,33,34)/b20-11-. The van der Waals surface area contributed by atoms with Crippen LogP contribution >= 0.6 is 45.8 Å². The summed E-state index contributed by atoms with van der Waals surface area (Å²) in [6, 6.07) is 24.4. The van der Waals surface area contributed by atoms with Crippen LogP contribution in [0.15, 0.2) is 78.4 Å². The Kier molecular flexibility index (Phi) is 8.36. The molecule has 0 saturated carbocycles. The Morgan fingerprint density at radius 3 is 2.58 bits per heavy atom. The van der Waals surface area contributed by atoms with Gasteiger partial charge in [0.15, 0.2) is 11.5 Å². The number of hydrogen-bond acceptors (Lipinski definition) is 4. The number of methoxy groups -OCH3 is 1. The van der Waals surface area contributed by atoms with Gasteiger partial charge in [-0.25, -0.2) is 0 Å². The van der Waals surface area contributed by atoms with E-state index in [1.165, 1.54) is 12.1 Å². The highest BCUT2D eigenvalue weighted by Gasteiger charge is 2.15. The van der Waals surface area contributed by atoms with E-state index in [2.05, 4.69) is 46.1 Å². The highest BCUT2D eigenvalue weighted by molar-refractivity contribution is 14.1. The van der Waals surface area contributed by atoms with Crippen molar-refractivity contribution in [1.82, 2.24) is 0 Å². The van der Waals surface area contributed by atoms with Crippen LogP contribution in [0.1, 0.15) is 11.1 Å². The Morgan fingerprint density at radius 2 is 1.83 bits per heavy atom. The Balaban J connectivity index is 1.56. The number of carbonyl (C=O) groups is 1. The molecule has 1 amide bonds. The van der Waals surface area contributed by atoms with Gasteiger partial charge >= 0.3 is 0 Å². The van der Waals surface area contributed by atoms with Crippen LogP contribution in [0.25, 0.3) is 16.8 Å². The lowest BCUT2D eigenvalue weighted by Gasteiger charge is -2.15. The maximum Gasteiger partial charge on any atom is 0.266 e. The van der Waals surface area contributed by atoms with E-state index in [-0.39, 0.29) is 5.57 Å². The zero-order valence-electron chi connectivity index (χ0n) is 19.0. The van der Waals surface area contributed by atoms with E-state index in [4.69, 9.17) is 32.7 Å². The van der Waals surface area contributed by atoms with Gasteiger partial charge in [-0.15, -0.1) is 0 Å². The van der Waals surface area contributed by atoms with E-state index in [0.717, 1.165) is 19.9 Å². The molecule has 4 aromatic carbocycles. The molecule has 0 radical (unpaired) electrons. The number of halogens is 3. The van der Waals surface area contributed by atoms with Gasteiger partial charge in [0.05, 0.1) is 20.7 Å². The predicted octanol–water partition coefficient (Wildman–Crippen LogP) is 7.88. The minimum atomic E-state index is -0.568. The highest BCUT2D eigenvalue weighted by atomic mass is 127. The van der Waals surface area contributed by atoms with Crippen LogP contribution in [0, 0.1) is 14.9 Å². The van der Waals surface area contributed by atoms with E-state index in [0.29, 0.717) is 39.4 Å². The largest absolute Gasteiger partial charge is 0.493 e. The summed E-state index contributed by atoms with van der Waals surface area (Å²) in [5, 5.41) is 15.2. The minimum absolute atomic E-state index is 0.0802. The molecule has 4 rings (SSSR count). The molecule has 36 heavy (non-hydrogen) atoms. The maximum atomic E-state index is 12.7. The molecule has 0 bridgehead atoms. The van der Waals surface area contributed by atoms with Gasteiger partial charge in [0, 0.05) is 5.69 Å². The normalized spacial score (nSPS) is 11.1. The van der Waals surface area contributed by atoms with Crippen LogP contribution in [0.3, 0.4) is 0 Å². The van der Waals surface area contributed by atoms with Gasteiger partial charge in [0.2, 0.25) is 0 Å². The number of carbonyl (C=O) groups excluding carboxylic acids is 1. The summed E-state index contributed by atoms with van der Waals surface area (Å²) in [6.07, 6.45) is 1.49. The number of benzene rings is 4. The van der Waals surface area contributed by atoms with E-state index < -0.39 is 5.91 Å². The second-order valence-electron chi connectivity index (χ2n) is 7.71. The maximum absolute atomic E-state index is 12.7. The SMILES string of the molecule is COc1cc(/C=C(/C#N)C(=O)Nc2ccc(Cl)c(Cl)c2)cc(I)c1OCc1cccc2ccccc12. The van der Waals surface area contributed by atoms with Gasteiger partial charge in [-0.3, -0.25) is 4.79 Å². The van der Waals surface area contributed by atoms with Gasteiger partial charge in [-0.05, 0) is 80.9 Å². The van der Waals surface area contributed by atoms with Crippen LogP contribution < -0.4 is 14.8 Å². The lowest BCUT2D eigenvalue weighted by Crippen LogP contribution is -2.13. The fourth-order valence-electron chi connectivity index (χ4n) is 3.62. The summed E-state index contributed by atoms with van der Waals surface area (Å²) < 4.78 is 12.5. The molecule has 0 aromatic heterocycles. The molecule has 0 aliphatic rings. The Morgan fingerprint density at radius 1 is 1.06 bits per heavy atom. The number of ether oxygens (including phenoxy) is 2. The van der Waals surface area contributed by atoms with E-state index in [1.807, 2.05) is 36.4 Å². The molecule has 0 fully saturated rings. The second kappa shape index (κ2) is 11.7. The molecule has 0 saturated heterocycles. The summed E-state index contributed by atoms with van der Waals surface area (Å²) >= 11 is 14.1. The molecule has 0 aliphatic carbocycles. The van der Waals surface area contributed by atoms with Gasteiger partial charge in [-0.1, -0.05) is 65.7 Å². The van der Waals surface area contributed by atoms with Crippen molar-refractivity contribution in [3.63, 3.8) is 0 Å². The van der Waals surface area contributed by atoms with Crippen LogP contribution in [0.4, 0.5) is 5.69 Å². The molecular weight excluding hydrogens is 610 g/mol. The van der Waals surface area contributed by atoms with E-state index in [9.17, 15) is 10.1 Å². The molecule has 0 unspecified atom stereocenters. The number of nitrogens with one attached hydrogen (secondary N) is 1. The van der Waals surface area contributed by atoms with E-state index >= 15 is 0 Å². The lowest BCUT2D eigenvalue weighted by atomic mass is 10.1. The molecule has 4 aromatic rings. The number of nitrogens with zero attached hydrogens (tertiary/aromatic N) is 1. The first kappa shape index (κ1) is 25.8. The van der Waals surface area contributed by atoms with Crippen molar-refractivity contribution in [3.05, 3.63) is 103 Å². The smallest absolute Gasteiger partial charge is 0.266 e. The Labute approximate surface area is 232 Å². The fourth-order valence-corrected chi connectivity index (χ4v) is 4.70. The van der Waals surface area contributed by atoms with Gasteiger partial charge in [-0.2, -0.15) is 5.26 Å². The zero-order valence-corrected chi connectivity index (χ0v) is 22.7. The van der Waals surface area contributed by atoms with Crippen molar-refractivity contribution in [1.29, 1.82) is 5.26 Å². The zero-order chi connectivity index (χ0) is 25.7. The van der Waals surface area contributed by atoms with Gasteiger partial charge in [0.25, 0.3) is 5.91 Å². The third kappa shape index (κ3) is 5.93. The lowest BCUT2D eigenvalue weighted by molar-refractivity contribution is -0.112. The first-order valence-corrected chi connectivity index (χ1v) is 12.6. The number of hydrogen-bond donors (Lipinski definition) is 1. The molecule has 0 atom stereocenters. The average molecular weight is 629 g/mol. The number of fused-ring (bicyclic) bond motifs is 1. The van der Waals surface area contributed by atoms with Crippen molar-refractivity contribution in [2.75, 3.05) is 12.4 Å². The summed E-state index contributed by atoms with van der Waals surface area (Å²) in [6.45, 7) is 0.360. The Bertz CT molecular complexity index is 1520. The van der Waals surface area contributed by atoms with Crippen molar-refractivity contribution in [2.24, 2.45) is 0 Å². The minimum Gasteiger partial charge on any atom is -0.493 e. The monoisotopic (exact) mass is 628 g/mol. The van der Waals surface area contributed by atoms with Gasteiger partial charge < -0.3 is 14.8 Å². The van der Waals surface area contributed by atoms with E-state index in [1.54, 1.807) is 25.3 Å². The number of amides is 1.